The van der Waals surface area contributed by atoms with E-state index in [1.165, 1.54) is 17.0 Å². The molecule has 2 rings (SSSR count). The van der Waals surface area contributed by atoms with E-state index in [-0.39, 0.29) is 0 Å². The van der Waals surface area contributed by atoms with Crippen molar-refractivity contribution >= 4 is 0 Å². The summed E-state index contributed by atoms with van der Waals surface area (Å²) in [5.74, 6) is 0. The molecular formula is C13H21N5. The number of aryl methyl sites for hydroxylation is 1. The van der Waals surface area contributed by atoms with Crippen molar-refractivity contribution in [3.63, 3.8) is 0 Å². The van der Waals surface area contributed by atoms with E-state index in [2.05, 4.69) is 33.8 Å². The summed E-state index contributed by atoms with van der Waals surface area (Å²) in [7, 11) is 1.97. The summed E-state index contributed by atoms with van der Waals surface area (Å²) in [5.41, 5.74) is 3.66. The lowest BCUT2D eigenvalue weighted by Crippen LogP contribution is -2.17. The first-order chi connectivity index (χ1) is 8.72. The smallest absolute Gasteiger partial charge is 0.0951 e. The molecular weight excluding hydrogens is 226 g/mol. The van der Waals surface area contributed by atoms with Gasteiger partial charge >= 0.3 is 0 Å². The Morgan fingerprint density at radius 2 is 2.17 bits per heavy atom. The maximum Gasteiger partial charge on any atom is 0.0951 e. The number of aromatic nitrogens is 4. The lowest BCUT2D eigenvalue weighted by Gasteiger charge is -2.08. The van der Waals surface area contributed by atoms with Crippen molar-refractivity contribution in [1.29, 1.82) is 0 Å². The predicted molar refractivity (Wildman–Crippen MR) is 71.3 cm³/mol. The summed E-state index contributed by atoms with van der Waals surface area (Å²) in [5, 5.41) is 7.67. The number of hydrogen-bond acceptors (Lipinski definition) is 3. The molecule has 0 aliphatic rings. The highest BCUT2D eigenvalue weighted by Gasteiger charge is 2.07. The third-order valence-electron chi connectivity index (χ3n) is 3.21. The van der Waals surface area contributed by atoms with Crippen molar-refractivity contribution in [2.24, 2.45) is 7.05 Å². The van der Waals surface area contributed by atoms with Crippen molar-refractivity contribution < 1.29 is 0 Å². The normalized spacial score (nSPS) is 11.1. The lowest BCUT2D eigenvalue weighted by molar-refractivity contribution is 0.629. The molecule has 0 radical (unpaired) electrons. The van der Waals surface area contributed by atoms with Gasteiger partial charge in [-0.3, -0.25) is 4.68 Å². The lowest BCUT2D eigenvalue weighted by atomic mass is 10.2. The summed E-state index contributed by atoms with van der Waals surface area (Å²) in [4.78, 5) is 4.23. The van der Waals surface area contributed by atoms with Gasteiger partial charge in [-0.15, -0.1) is 0 Å². The van der Waals surface area contributed by atoms with Crippen LogP contribution in [0, 0.1) is 6.92 Å². The van der Waals surface area contributed by atoms with Crippen LogP contribution in [-0.4, -0.2) is 25.9 Å². The van der Waals surface area contributed by atoms with E-state index in [1.54, 1.807) is 0 Å². The summed E-state index contributed by atoms with van der Waals surface area (Å²) >= 11 is 0. The standard InChI is InChI=1S/C13H21N5/c1-4-5-14-7-13-8-15-10-18(13)9-12-6-16-17(3)11(12)2/h6,8,10,14H,4-5,7,9H2,1-3H3. The number of nitrogens with one attached hydrogen (secondary N) is 1. The van der Waals surface area contributed by atoms with Crippen LogP contribution < -0.4 is 5.32 Å². The van der Waals surface area contributed by atoms with Gasteiger partial charge < -0.3 is 9.88 Å². The van der Waals surface area contributed by atoms with Crippen LogP contribution in [0.1, 0.15) is 30.3 Å². The van der Waals surface area contributed by atoms with Crippen LogP contribution in [-0.2, 0) is 20.1 Å². The third-order valence-corrected chi connectivity index (χ3v) is 3.21. The highest BCUT2D eigenvalue weighted by molar-refractivity contribution is 5.17. The molecule has 0 saturated heterocycles. The molecule has 0 aromatic carbocycles. The van der Waals surface area contributed by atoms with Crippen molar-refractivity contribution in [2.75, 3.05) is 6.54 Å². The molecule has 0 spiro atoms. The van der Waals surface area contributed by atoms with Gasteiger partial charge in [0.15, 0.2) is 0 Å². The second-order valence-electron chi connectivity index (χ2n) is 4.57. The van der Waals surface area contributed by atoms with Crippen molar-refractivity contribution in [1.82, 2.24) is 24.6 Å². The van der Waals surface area contributed by atoms with Crippen molar-refractivity contribution in [3.05, 3.63) is 35.7 Å². The Morgan fingerprint density at radius 1 is 1.33 bits per heavy atom. The van der Waals surface area contributed by atoms with Crippen LogP contribution in [0.2, 0.25) is 0 Å². The Labute approximate surface area is 108 Å². The Kier molecular flexibility index (Phi) is 4.15. The topological polar surface area (TPSA) is 47.7 Å². The van der Waals surface area contributed by atoms with Crippen LogP contribution in [0.5, 0.6) is 0 Å². The van der Waals surface area contributed by atoms with Crippen LogP contribution in [0.25, 0.3) is 0 Å². The van der Waals surface area contributed by atoms with E-state index >= 15 is 0 Å². The first kappa shape index (κ1) is 12.8. The molecule has 5 nitrogen and oxygen atoms in total. The average molecular weight is 247 g/mol. The van der Waals surface area contributed by atoms with Crippen LogP contribution in [0.3, 0.4) is 0 Å². The number of hydrogen-bond donors (Lipinski definition) is 1. The molecule has 0 saturated carbocycles. The van der Waals surface area contributed by atoms with E-state index in [4.69, 9.17) is 0 Å². The molecule has 18 heavy (non-hydrogen) atoms. The van der Waals surface area contributed by atoms with Crippen molar-refractivity contribution in [2.45, 2.75) is 33.4 Å². The van der Waals surface area contributed by atoms with Crippen LogP contribution in [0.15, 0.2) is 18.7 Å². The fourth-order valence-corrected chi connectivity index (χ4v) is 1.91. The Bertz CT molecular complexity index is 497. The van der Waals surface area contributed by atoms with E-state index in [9.17, 15) is 0 Å². The fraction of sp³-hybridized carbons (Fsp3) is 0.538. The van der Waals surface area contributed by atoms with E-state index in [1.807, 2.05) is 30.5 Å². The van der Waals surface area contributed by atoms with E-state index in [0.29, 0.717) is 0 Å². The fourth-order valence-electron chi connectivity index (χ4n) is 1.91. The van der Waals surface area contributed by atoms with Crippen molar-refractivity contribution in [3.8, 4) is 0 Å². The van der Waals surface area contributed by atoms with Crippen LogP contribution in [0.4, 0.5) is 0 Å². The number of imidazole rings is 1. The number of rotatable bonds is 6. The SMILES string of the molecule is CCCNCc1cncn1Cc1cnn(C)c1C. The van der Waals surface area contributed by atoms with Gasteiger partial charge in [-0.25, -0.2) is 4.98 Å². The molecule has 1 N–H and O–H groups in total. The summed E-state index contributed by atoms with van der Waals surface area (Å²) in [6.45, 7) is 7.00. The summed E-state index contributed by atoms with van der Waals surface area (Å²) in [6, 6.07) is 0. The molecule has 2 heterocycles. The highest BCUT2D eigenvalue weighted by atomic mass is 15.3. The number of nitrogens with zero attached hydrogens (tertiary/aromatic N) is 4. The first-order valence-electron chi connectivity index (χ1n) is 6.39. The zero-order valence-corrected chi connectivity index (χ0v) is 11.3. The van der Waals surface area contributed by atoms with Gasteiger partial charge in [-0.1, -0.05) is 6.92 Å². The highest BCUT2D eigenvalue weighted by Crippen LogP contribution is 2.10. The molecule has 0 bridgehead atoms. The summed E-state index contributed by atoms with van der Waals surface area (Å²) in [6.07, 6.45) is 6.89. The minimum absolute atomic E-state index is 0.836. The molecule has 2 aromatic heterocycles. The zero-order chi connectivity index (χ0) is 13.0. The second-order valence-corrected chi connectivity index (χ2v) is 4.57. The molecule has 5 heteroatoms. The first-order valence-corrected chi connectivity index (χ1v) is 6.39. The van der Waals surface area contributed by atoms with E-state index < -0.39 is 0 Å². The average Bonchev–Trinajstić information content (AvgIpc) is 2.92. The molecule has 2 aromatic rings. The zero-order valence-electron chi connectivity index (χ0n) is 11.3. The predicted octanol–water partition coefficient (Wildman–Crippen LogP) is 1.47. The van der Waals surface area contributed by atoms with Gasteiger partial charge in [-0.05, 0) is 19.9 Å². The Balaban J connectivity index is 2.05. The maximum atomic E-state index is 4.27. The van der Waals surface area contributed by atoms with Gasteiger partial charge in [0, 0.05) is 31.0 Å². The molecule has 0 amide bonds. The Hall–Kier alpha value is -1.62. The molecule has 0 aliphatic heterocycles. The largest absolute Gasteiger partial charge is 0.329 e. The Morgan fingerprint density at radius 3 is 2.83 bits per heavy atom. The minimum atomic E-state index is 0.836. The molecule has 0 fully saturated rings. The van der Waals surface area contributed by atoms with Gasteiger partial charge in [0.1, 0.15) is 0 Å². The van der Waals surface area contributed by atoms with Gasteiger partial charge in [0.2, 0.25) is 0 Å². The van der Waals surface area contributed by atoms with E-state index in [0.717, 1.165) is 26.1 Å². The monoisotopic (exact) mass is 247 g/mol. The minimum Gasteiger partial charge on any atom is -0.329 e. The van der Waals surface area contributed by atoms with Gasteiger partial charge in [0.25, 0.3) is 0 Å². The molecule has 0 atom stereocenters. The maximum absolute atomic E-state index is 4.27. The third kappa shape index (κ3) is 2.79. The van der Waals surface area contributed by atoms with Crippen LogP contribution >= 0.6 is 0 Å². The van der Waals surface area contributed by atoms with Gasteiger partial charge in [0.05, 0.1) is 24.8 Å². The summed E-state index contributed by atoms with van der Waals surface area (Å²) < 4.78 is 4.08. The molecule has 0 aliphatic carbocycles. The second kappa shape index (κ2) is 5.82. The van der Waals surface area contributed by atoms with Gasteiger partial charge in [-0.2, -0.15) is 5.10 Å². The quantitative estimate of drug-likeness (QED) is 0.786. The molecule has 98 valence electrons. The molecule has 0 unspecified atom stereocenters.